The van der Waals surface area contributed by atoms with E-state index in [0.29, 0.717) is 18.5 Å². The molecule has 39 heavy (non-hydrogen) atoms. The van der Waals surface area contributed by atoms with E-state index in [4.69, 9.17) is 0 Å². The van der Waals surface area contributed by atoms with Gasteiger partial charge in [0.1, 0.15) is 24.4 Å². The summed E-state index contributed by atoms with van der Waals surface area (Å²) in [5, 5.41) is 21.7. The number of benzene rings is 1. The first kappa shape index (κ1) is 26.8. The monoisotopic (exact) mass is 547 g/mol. The number of carbonyl (C=O) groups excluding carboxylic acids is 2. The number of hydrogen-bond donors (Lipinski definition) is 2. The third-order valence-electron chi connectivity index (χ3n) is 11.2. The quantitative estimate of drug-likeness (QED) is 0.560. The second kappa shape index (κ2) is 8.57. The lowest BCUT2D eigenvalue weighted by Gasteiger charge is -2.63. The predicted octanol–water partition coefficient (Wildman–Crippen LogP) is 3.87. The highest BCUT2D eigenvalue weighted by Gasteiger charge is 2.78. The molecule has 1 aromatic carbocycles. The number of likely N-dealkylation sites (tertiary alicyclic amines) is 1. The molecule has 5 nitrogen and oxygen atoms in total. The molecular formula is C30H33F4NO4. The number of halogens is 4. The van der Waals surface area contributed by atoms with E-state index in [1.54, 1.807) is 0 Å². The molecule has 9 atom stereocenters. The predicted molar refractivity (Wildman–Crippen MR) is 134 cm³/mol. The highest BCUT2D eigenvalue weighted by Crippen LogP contribution is 2.74. The van der Waals surface area contributed by atoms with E-state index in [1.165, 1.54) is 31.2 Å². The maximum absolute atomic E-state index is 17.4. The van der Waals surface area contributed by atoms with E-state index in [-0.39, 0.29) is 37.4 Å². The number of hydrogen-bond acceptors (Lipinski definition) is 5. The highest BCUT2D eigenvalue weighted by atomic mass is 19.2. The second-order valence-corrected chi connectivity index (χ2v) is 12.8. The molecule has 0 amide bonds. The summed E-state index contributed by atoms with van der Waals surface area (Å²) in [7, 11) is 0. The van der Waals surface area contributed by atoms with Crippen LogP contribution in [0, 0.1) is 45.6 Å². The lowest BCUT2D eigenvalue weighted by atomic mass is 9.43. The zero-order valence-electron chi connectivity index (χ0n) is 22.0. The molecule has 2 N–H and O–H groups in total. The van der Waals surface area contributed by atoms with Gasteiger partial charge in [0, 0.05) is 37.0 Å². The van der Waals surface area contributed by atoms with Gasteiger partial charge in [0.25, 0.3) is 0 Å². The van der Waals surface area contributed by atoms with Crippen molar-refractivity contribution >= 4 is 11.6 Å². The summed E-state index contributed by atoms with van der Waals surface area (Å²) in [6.07, 6.45) is 0.760. The molecule has 9 heteroatoms. The molecule has 6 rings (SSSR count). The minimum Gasteiger partial charge on any atom is -0.390 e. The summed E-state index contributed by atoms with van der Waals surface area (Å²) in [5.74, 6) is -3.92. The summed E-state index contributed by atoms with van der Waals surface area (Å²) in [6.45, 7) is 3.40. The van der Waals surface area contributed by atoms with Crippen molar-refractivity contribution in [3.05, 3.63) is 59.2 Å². The van der Waals surface area contributed by atoms with Gasteiger partial charge in [-0.3, -0.25) is 14.5 Å². The molecule has 1 aromatic rings. The van der Waals surface area contributed by atoms with Gasteiger partial charge in [-0.25, -0.2) is 17.6 Å². The number of allylic oxidation sites excluding steroid dienone is 4. The van der Waals surface area contributed by atoms with Crippen LogP contribution < -0.4 is 0 Å². The van der Waals surface area contributed by atoms with Gasteiger partial charge in [0.05, 0.1) is 11.5 Å². The Kier molecular flexibility index (Phi) is 5.90. The molecule has 0 aromatic heterocycles. The number of carbonyl (C=O) groups is 2. The van der Waals surface area contributed by atoms with Crippen LogP contribution in [-0.4, -0.2) is 64.3 Å². The summed E-state index contributed by atoms with van der Waals surface area (Å²) >= 11 is 0. The zero-order valence-corrected chi connectivity index (χ0v) is 22.0. The molecule has 3 saturated carbocycles. The van der Waals surface area contributed by atoms with Crippen LogP contribution in [0.25, 0.3) is 0 Å². The van der Waals surface area contributed by atoms with Gasteiger partial charge in [-0.1, -0.05) is 13.0 Å². The minimum atomic E-state index is -2.25. The van der Waals surface area contributed by atoms with E-state index in [0.717, 1.165) is 12.1 Å². The normalized spacial score (nSPS) is 44.9. The van der Waals surface area contributed by atoms with Crippen LogP contribution in [0.2, 0.25) is 0 Å². The van der Waals surface area contributed by atoms with E-state index >= 15 is 8.78 Å². The van der Waals surface area contributed by atoms with Crippen molar-refractivity contribution in [3.63, 3.8) is 0 Å². The maximum atomic E-state index is 17.4. The van der Waals surface area contributed by atoms with Gasteiger partial charge in [0.2, 0.25) is 0 Å². The largest absolute Gasteiger partial charge is 0.390 e. The smallest absolute Gasteiger partial charge is 0.178 e. The molecule has 1 aliphatic heterocycles. The molecule has 4 fully saturated rings. The minimum absolute atomic E-state index is 0.0456. The fourth-order valence-electron chi connectivity index (χ4n) is 9.60. The van der Waals surface area contributed by atoms with Crippen LogP contribution in [0.5, 0.6) is 0 Å². The van der Waals surface area contributed by atoms with E-state index in [2.05, 4.69) is 0 Å². The van der Waals surface area contributed by atoms with Crippen molar-refractivity contribution in [2.45, 2.75) is 57.6 Å². The molecular weight excluding hydrogens is 514 g/mol. The fourth-order valence-corrected chi connectivity index (χ4v) is 9.60. The van der Waals surface area contributed by atoms with Crippen LogP contribution in [-0.2, 0) is 16.1 Å². The molecule has 0 spiro atoms. The van der Waals surface area contributed by atoms with Crippen molar-refractivity contribution in [1.82, 2.24) is 4.90 Å². The third-order valence-corrected chi connectivity index (χ3v) is 11.2. The van der Waals surface area contributed by atoms with E-state index in [1.807, 2.05) is 11.8 Å². The Morgan fingerprint density at radius 3 is 2.49 bits per heavy atom. The lowest BCUT2D eigenvalue weighted by Crippen LogP contribution is -2.69. The van der Waals surface area contributed by atoms with Crippen molar-refractivity contribution in [3.8, 4) is 0 Å². The van der Waals surface area contributed by atoms with Crippen molar-refractivity contribution < 1.29 is 37.4 Å². The Bertz CT molecular complexity index is 1300. The molecule has 1 saturated heterocycles. The van der Waals surface area contributed by atoms with Crippen molar-refractivity contribution in [1.29, 1.82) is 0 Å². The first-order valence-corrected chi connectivity index (χ1v) is 13.6. The standard InChI is InChI=1S/C30H33F4NO4/c1-27-4-3-20(37)9-23(27)24(33)10-22-21-7-17-13-35(12-16-5-18(31)8-19(32)6-16)15-29(17,26(39)14-36)28(21,2)11-25(38)30(22,27)34/h3-6,8-9,17,21-22,24-25,36,38H,7,10-15H2,1-2H3/t17-,21-,22-,24-,25-,27-,28-,29+,30-/m0/s1. The van der Waals surface area contributed by atoms with Gasteiger partial charge < -0.3 is 10.2 Å². The van der Waals surface area contributed by atoms with Gasteiger partial charge in [-0.2, -0.15) is 0 Å². The molecule has 0 bridgehead atoms. The first-order valence-electron chi connectivity index (χ1n) is 13.6. The Morgan fingerprint density at radius 1 is 1.13 bits per heavy atom. The van der Waals surface area contributed by atoms with Crippen LogP contribution >= 0.6 is 0 Å². The summed E-state index contributed by atoms with van der Waals surface area (Å²) in [4.78, 5) is 27.6. The van der Waals surface area contributed by atoms with Gasteiger partial charge >= 0.3 is 0 Å². The third kappa shape index (κ3) is 3.36. The van der Waals surface area contributed by atoms with E-state index < -0.39 is 75.8 Å². The van der Waals surface area contributed by atoms with Crippen LogP contribution in [0.4, 0.5) is 17.6 Å². The number of rotatable bonds is 4. The number of fused-ring (bicyclic) bond motifs is 7. The van der Waals surface area contributed by atoms with E-state index in [9.17, 15) is 28.6 Å². The molecule has 210 valence electrons. The van der Waals surface area contributed by atoms with Crippen LogP contribution in [0.3, 0.4) is 0 Å². The Hall–Kier alpha value is -2.36. The zero-order chi connectivity index (χ0) is 28.1. The summed E-state index contributed by atoms with van der Waals surface area (Å²) < 4.78 is 60.8. The van der Waals surface area contributed by atoms with Crippen molar-refractivity contribution in [2.24, 2.45) is 34.0 Å². The van der Waals surface area contributed by atoms with Gasteiger partial charge in [0.15, 0.2) is 17.2 Å². The van der Waals surface area contributed by atoms with Gasteiger partial charge in [-0.05, 0) is 78.9 Å². The second-order valence-electron chi connectivity index (χ2n) is 12.8. The van der Waals surface area contributed by atoms with Crippen LogP contribution in [0.15, 0.2) is 42.0 Å². The lowest BCUT2D eigenvalue weighted by molar-refractivity contribution is -0.212. The molecule has 4 aliphatic carbocycles. The highest BCUT2D eigenvalue weighted by molar-refractivity contribution is 6.01. The topological polar surface area (TPSA) is 77.8 Å². The number of alkyl halides is 2. The average Bonchev–Trinajstić information content (AvgIpc) is 3.33. The van der Waals surface area contributed by atoms with Crippen molar-refractivity contribution in [2.75, 3.05) is 19.7 Å². The average molecular weight is 548 g/mol. The summed E-state index contributed by atoms with van der Waals surface area (Å²) in [6, 6.07) is 3.27. The number of ketones is 2. The van der Waals surface area contributed by atoms with Crippen LogP contribution in [0.1, 0.15) is 38.7 Å². The van der Waals surface area contributed by atoms with Gasteiger partial charge in [-0.15, -0.1) is 0 Å². The molecule has 0 radical (unpaired) electrons. The summed E-state index contributed by atoms with van der Waals surface area (Å²) in [5.41, 5.74) is -5.39. The fraction of sp³-hybridized carbons (Fsp3) is 0.600. The molecule has 1 heterocycles. The Labute approximate surface area is 224 Å². The first-order chi connectivity index (χ1) is 18.3. The number of Topliss-reactive ketones (excluding diaryl/α,β-unsaturated/α-hetero) is 1. The maximum Gasteiger partial charge on any atom is 0.178 e. The SMILES string of the molecule is C[C@]12C=CC(=O)C=C1[C@@H](F)C[C@H]1[C@@H]3C[C@H]4CN(Cc5cc(F)cc(F)c5)C[C@@]4(C(=O)CO)[C@@]3(C)C[C@H](O)[C@@]12F. The molecule has 5 aliphatic rings. The Balaban J connectivity index is 1.39. The Morgan fingerprint density at radius 2 is 1.82 bits per heavy atom. The number of nitrogens with zero attached hydrogens (tertiary/aromatic N) is 1. The number of aliphatic hydroxyl groups excluding tert-OH is 2. The molecule has 0 unspecified atom stereocenters. The number of aliphatic hydroxyl groups is 2.